The summed E-state index contributed by atoms with van der Waals surface area (Å²) in [5.41, 5.74) is 4.78. The van der Waals surface area contributed by atoms with Crippen LogP contribution in [0.25, 0.3) is 0 Å². The average molecular weight is 353 g/mol. The molecule has 1 aliphatic rings. The molecule has 1 fully saturated rings. The minimum Gasteiger partial charge on any atom is -0.360 e. The number of aryl methyl sites for hydroxylation is 1. The van der Waals surface area contributed by atoms with E-state index in [1.807, 2.05) is 18.2 Å². The van der Waals surface area contributed by atoms with Crippen LogP contribution in [0.1, 0.15) is 30.9 Å². The number of amides is 1. The molecular weight excluding hydrogens is 322 g/mol. The second kappa shape index (κ2) is 8.37. The summed E-state index contributed by atoms with van der Waals surface area (Å²) in [7, 11) is 0. The van der Waals surface area contributed by atoms with Crippen LogP contribution >= 0.6 is 0 Å². The molecule has 1 saturated heterocycles. The zero-order chi connectivity index (χ0) is 18.5. The molecule has 4 heteroatoms. The molecule has 138 valence electrons. The van der Waals surface area contributed by atoms with Crippen LogP contribution < -0.4 is 15.1 Å². The molecule has 0 atom stereocenters. The molecule has 0 bridgehead atoms. The molecule has 1 heterocycles. The highest BCUT2D eigenvalue weighted by Crippen LogP contribution is 2.23. The summed E-state index contributed by atoms with van der Waals surface area (Å²) in [5, 5.41) is 3.12. The molecule has 1 amide bonds. The van der Waals surface area contributed by atoms with Crippen LogP contribution in [0.3, 0.4) is 0 Å². The van der Waals surface area contributed by atoms with Gasteiger partial charge in [-0.25, -0.2) is 0 Å². The van der Waals surface area contributed by atoms with Gasteiger partial charge in [0.25, 0.3) is 5.91 Å². The standard InChI is InChI=1S/C22H29N3O/c1-17(2)19-9-5-6-10-20(19)23-22(26)16-24-12-14-25(15-13-24)21-11-7-4-8-18(21)3/h4-11,17H,12-16H2,1-3H3,(H,23,26)/p+1. The molecule has 3 rings (SSSR count). The van der Waals surface area contributed by atoms with Crippen molar-refractivity contribution in [2.45, 2.75) is 26.7 Å². The minimum absolute atomic E-state index is 0.109. The Bertz CT molecular complexity index is 749. The number of carbonyl (C=O) groups excluding carboxylic acids is 1. The van der Waals surface area contributed by atoms with Crippen LogP contribution in [-0.2, 0) is 4.79 Å². The fraction of sp³-hybridized carbons (Fsp3) is 0.409. The molecule has 0 radical (unpaired) electrons. The Kier molecular flexibility index (Phi) is 5.94. The summed E-state index contributed by atoms with van der Waals surface area (Å²) in [5.74, 6) is 0.508. The maximum atomic E-state index is 12.5. The highest BCUT2D eigenvalue weighted by atomic mass is 16.2. The predicted octanol–water partition coefficient (Wildman–Crippen LogP) is 2.46. The van der Waals surface area contributed by atoms with Crippen LogP contribution in [-0.4, -0.2) is 38.6 Å². The van der Waals surface area contributed by atoms with E-state index < -0.39 is 0 Å². The van der Waals surface area contributed by atoms with Gasteiger partial charge in [-0.05, 0) is 36.1 Å². The lowest BCUT2D eigenvalue weighted by Gasteiger charge is -2.34. The van der Waals surface area contributed by atoms with E-state index in [0.717, 1.165) is 31.9 Å². The van der Waals surface area contributed by atoms with Crippen molar-refractivity contribution in [1.82, 2.24) is 0 Å². The first-order chi connectivity index (χ1) is 12.5. The third kappa shape index (κ3) is 4.44. The Hall–Kier alpha value is -2.33. The van der Waals surface area contributed by atoms with Gasteiger partial charge >= 0.3 is 0 Å². The van der Waals surface area contributed by atoms with Gasteiger partial charge in [0.15, 0.2) is 6.54 Å². The molecule has 0 unspecified atom stereocenters. The van der Waals surface area contributed by atoms with Crippen LogP contribution in [0, 0.1) is 6.92 Å². The number of nitrogens with zero attached hydrogens (tertiary/aromatic N) is 1. The lowest BCUT2D eigenvalue weighted by molar-refractivity contribution is -0.892. The van der Waals surface area contributed by atoms with E-state index >= 15 is 0 Å². The quantitative estimate of drug-likeness (QED) is 0.867. The van der Waals surface area contributed by atoms with E-state index in [4.69, 9.17) is 0 Å². The largest absolute Gasteiger partial charge is 0.360 e. The van der Waals surface area contributed by atoms with E-state index in [9.17, 15) is 4.79 Å². The van der Waals surface area contributed by atoms with E-state index in [2.05, 4.69) is 61.3 Å². The molecule has 2 aromatic carbocycles. The van der Waals surface area contributed by atoms with E-state index in [0.29, 0.717) is 12.5 Å². The van der Waals surface area contributed by atoms with E-state index in [1.54, 1.807) is 0 Å². The van der Waals surface area contributed by atoms with Crippen molar-refractivity contribution in [2.75, 3.05) is 42.9 Å². The summed E-state index contributed by atoms with van der Waals surface area (Å²) in [4.78, 5) is 16.3. The summed E-state index contributed by atoms with van der Waals surface area (Å²) in [6.45, 7) is 11.0. The van der Waals surface area contributed by atoms with Crippen molar-refractivity contribution >= 4 is 17.3 Å². The van der Waals surface area contributed by atoms with Gasteiger partial charge in [0.2, 0.25) is 0 Å². The Morgan fingerprint density at radius 3 is 2.42 bits per heavy atom. The highest BCUT2D eigenvalue weighted by Gasteiger charge is 2.23. The summed E-state index contributed by atoms with van der Waals surface area (Å²) in [6, 6.07) is 16.6. The third-order valence-electron chi connectivity index (χ3n) is 5.19. The molecule has 2 N–H and O–H groups in total. The van der Waals surface area contributed by atoms with Gasteiger partial charge in [-0.2, -0.15) is 0 Å². The highest BCUT2D eigenvalue weighted by molar-refractivity contribution is 5.92. The Balaban J connectivity index is 1.53. The lowest BCUT2D eigenvalue weighted by atomic mass is 10.0. The monoisotopic (exact) mass is 352 g/mol. The number of carbonyl (C=O) groups is 1. The number of rotatable bonds is 5. The van der Waals surface area contributed by atoms with Crippen LogP contribution in [0.2, 0.25) is 0 Å². The molecule has 0 spiro atoms. The Morgan fingerprint density at radius 2 is 1.73 bits per heavy atom. The van der Waals surface area contributed by atoms with Gasteiger partial charge in [-0.3, -0.25) is 4.79 Å². The summed E-state index contributed by atoms with van der Waals surface area (Å²) in [6.07, 6.45) is 0. The first-order valence-electron chi connectivity index (χ1n) is 9.57. The first kappa shape index (κ1) is 18.5. The van der Waals surface area contributed by atoms with Gasteiger partial charge in [-0.15, -0.1) is 0 Å². The second-order valence-corrected chi connectivity index (χ2v) is 7.49. The van der Waals surface area contributed by atoms with Crippen molar-refractivity contribution < 1.29 is 9.69 Å². The number of para-hydroxylation sites is 2. The Morgan fingerprint density at radius 1 is 1.08 bits per heavy atom. The first-order valence-corrected chi connectivity index (χ1v) is 9.57. The van der Waals surface area contributed by atoms with Gasteiger partial charge in [0.05, 0.1) is 26.2 Å². The molecule has 4 nitrogen and oxygen atoms in total. The van der Waals surface area contributed by atoms with Crippen molar-refractivity contribution in [3.8, 4) is 0 Å². The fourth-order valence-corrected chi connectivity index (χ4v) is 3.69. The molecular formula is C22H30N3O+. The van der Waals surface area contributed by atoms with Gasteiger partial charge < -0.3 is 15.1 Å². The van der Waals surface area contributed by atoms with E-state index in [-0.39, 0.29) is 5.91 Å². The molecule has 1 aliphatic heterocycles. The van der Waals surface area contributed by atoms with Gasteiger partial charge in [0, 0.05) is 11.4 Å². The molecule has 0 aliphatic carbocycles. The number of quaternary nitrogens is 1. The van der Waals surface area contributed by atoms with Crippen molar-refractivity contribution in [3.05, 3.63) is 59.7 Å². The summed E-state index contributed by atoms with van der Waals surface area (Å²) >= 11 is 0. The van der Waals surface area contributed by atoms with Crippen molar-refractivity contribution in [3.63, 3.8) is 0 Å². The average Bonchev–Trinajstić information content (AvgIpc) is 2.63. The maximum Gasteiger partial charge on any atom is 0.279 e. The normalized spacial score (nSPS) is 15.3. The maximum absolute atomic E-state index is 12.5. The zero-order valence-corrected chi connectivity index (χ0v) is 16.1. The number of piperazine rings is 1. The number of benzene rings is 2. The predicted molar refractivity (Wildman–Crippen MR) is 108 cm³/mol. The molecule has 2 aromatic rings. The SMILES string of the molecule is Cc1ccccc1N1CC[NH+](CC(=O)Nc2ccccc2C(C)C)CC1. The minimum atomic E-state index is 0.109. The van der Waals surface area contributed by atoms with Crippen molar-refractivity contribution in [1.29, 1.82) is 0 Å². The van der Waals surface area contributed by atoms with Crippen LogP contribution in [0.5, 0.6) is 0 Å². The fourth-order valence-electron chi connectivity index (χ4n) is 3.69. The number of anilines is 2. The summed E-state index contributed by atoms with van der Waals surface area (Å²) < 4.78 is 0. The van der Waals surface area contributed by atoms with Crippen LogP contribution in [0.15, 0.2) is 48.5 Å². The van der Waals surface area contributed by atoms with Gasteiger partial charge in [0.1, 0.15) is 0 Å². The Labute approximate surface area is 156 Å². The topological polar surface area (TPSA) is 36.8 Å². The van der Waals surface area contributed by atoms with Crippen molar-refractivity contribution in [2.24, 2.45) is 0 Å². The molecule has 26 heavy (non-hydrogen) atoms. The number of hydrogen-bond acceptors (Lipinski definition) is 2. The van der Waals surface area contributed by atoms with Crippen LogP contribution in [0.4, 0.5) is 11.4 Å². The third-order valence-corrected chi connectivity index (χ3v) is 5.19. The lowest BCUT2D eigenvalue weighted by Crippen LogP contribution is -3.15. The molecule has 0 aromatic heterocycles. The molecule has 0 saturated carbocycles. The van der Waals surface area contributed by atoms with E-state index in [1.165, 1.54) is 21.7 Å². The smallest absolute Gasteiger partial charge is 0.279 e. The second-order valence-electron chi connectivity index (χ2n) is 7.49. The van der Waals surface area contributed by atoms with Gasteiger partial charge in [-0.1, -0.05) is 50.2 Å². The number of nitrogens with one attached hydrogen (secondary N) is 2. The number of hydrogen-bond donors (Lipinski definition) is 2. The zero-order valence-electron chi connectivity index (χ0n) is 16.1.